The van der Waals surface area contributed by atoms with Crippen molar-refractivity contribution in [2.24, 2.45) is 0 Å². The highest BCUT2D eigenvalue weighted by molar-refractivity contribution is 7.92. The number of benzene rings is 2. The Kier molecular flexibility index (Phi) is 5.18. The van der Waals surface area contributed by atoms with Gasteiger partial charge in [-0.2, -0.15) is 0 Å². The minimum absolute atomic E-state index is 0.342. The van der Waals surface area contributed by atoms with E-state index in [2.05, 4.69) is 5.32 Å². The van der Waals surface area contributed by atoms with Gasteiger partial charge in [-0.15, -0.1) is 0 Å². The normalized spacial score (nSPS) is 11.2. The number of hydrogen-bond acceptors (Lipinski definition) is 3. The number of sulfonamides is 1. The summed E-state index contributed by atoms with van der Waals surface area (Å²) in [6, 6.07) is 9.27. The number of anilines is 2. The molecule has 5 nitrogen and oxygen atoms in total. The molecular formula is C16H16F2N2O3S. The maximum Gasteiger partial charge on any atom is 0.245 e. The van der Waals surface area contributed by atoms with E-state index in [1.165, 1.54) is 0 Å². The summed E-state index contributed by atoms with van der Waals surface area (Å²) in [7, 11) is -3.74. The van der Waals surface area contributed by atoms with Gasteiger partial charge in [-0.1, -0.05) is 18.2 Å². The van der Waals surface area contributed by atoms with Crippen molar-refractivity contribution in [1.82, 2.24) is 0 Å². The summed E-state index contributed by atoms with van der Waals surface area (Å²) >= 11 is 0. The Hall–Kier alpha value is -2.48. The minimum atomic E-state index is -3.74. The monoisotopic (exact) mass is 354 g/mol. The van der Waals surface area contributed by atoms with Crippen molar-refractivity contribution in [3.05, 3.63) is 59.7 Å². The zero-order valence-corrected chi connectivity index (χ0v) is 13.9. The van der Waals surface area contributed by atoms with Crippen LogP contribution in [0.15, 0.2) is 42.5 Å². The maximum absolute atomic E-state index is 13.6. The van der Waals surface area contributed by atoms with Crippen LogP contribution in [0.2, 0.25) is 0 Å². The second kappa shape index (κ2) is 6.96. The van der Waals surface area contributed by atoms with Crippen LogP contribution < -0.4 is 9.62 Å². The van der Waals surface area contributed by atoms with E-state index in [0.717, 1.165) is 28.8 Å². The molecule has 0 aliphatic heterocycles. The van der Waals surface area contributed by atoms with E-state index in [4.69, 9.17) is 0 Å². The standard InChI is InChI=1S/C16H16F2N2O3S/c1-11-5-3-4-6-15(11)20(24(2,22)23)10-16(21)19-14-9-12(17)7-8-13(14)18/h3-9H,10H2,1-2H3,(H,19,21). The molecule has 1 amide bonds. The average Bonchev–Trinajstić information content (AvgIpc) is 2.48. The lowest BCUT2D eigenvalue weighted by Gasteiger charge is -2.23. The van der Waals surface area contributed by atoms with Gasteiger partial charge < -0.3 is 5.32 Å². The first-order valence-electron chi connectivity index (χ1n) is 6.97. The molecule has 0 saturated carbocycles. The molecule has 0 aliphatic rings. The first-order chi connectivity index (χ1) is 11.2. The van der Waals surface area contributed by atoms with Gasteiger partial charge >= 0.3 is 0 Å². The highest BCUT2D eigenvalue weighted by atomic mass is 32.2. The summed E-state index contributed by atoms with van der Waals surface area (Å²) in [5, 5.41) is 2.18. The molecule has 0 aromatic heterocycles. The fourth-order valence-corrected chi connectivity index (χ4v) is 3.05. The van der Waals surface area contributed by atoms with Crippen molar-refractivity contribution >= 4 is 27.3 Å². The third-order valence-electron chi connectivity index (χ3n) is 3.27. The maximum atomic E-state index is 13.6. The number of hydrogen-bond donors (Lipinski definition) is 1. The summed E-state index contributed by atoms with van der Waals surface area (Å²) in [5.74, 6) is -2.31. The lowest BCUT2D eigenvalue weighted by molar-refractivity contribution is -0.114. The van der Waals surface area contributed by atoms with E-state index in [9.17, 15) is 22.0 Å². The molecule has 2 rings (SSSR count). The number of amides is 1. The molecule has 24 heavy (non-hydrogen) atoms. The van der Waals surface area contributed by atoms with Gasteiger partial charge in [0.1, 0.15) is 18.2 Å². The van der Waals surface area contributed by atoms with Crippen LogP contribution in [0.1, 0.15) is 5.56 Å². The van der Waals surface area contributed by atoms with E-state index in [-0.39, 0.29) is 5.69 Å². The number of carbonyl (C=O) groups excluding carboxylic acids is 1. The Morgan fingerprint density at radius 2 is 1.83 bits per heavy atom. The van der Waals surface area contributed by atoms with Gasteiger partial charge in [-0.3, -0.25) is 9.10 Å². The Labute approximate surface area is 139 Å². The van der Waals surface area contributed by atoms with Crippen LogP contribution in [0.25, 0.3) is 0 Å². The van der Waals surface area contributed by atoms with E-state index in [1.807, 2.05) is 0 Å². The number of carbonyl (C=O) groups is 1. The van der Waals surface area contributed by atoms with Crippen molar-refractivity contribution in [3.8, 4) is 0 Å². The van der Waals surface area contributed by atoms with Crippen LogP contribution in [-0.2, 0) is 14.8 Å². The highest BCUT2D eigenvalue weighted by Crippen LogP contribution is 2.22. The zero-order valence-electron chi connectivity index (χ0n) is 13.1. The van der Waals surface area contributed by atoms with Crippen molar-refractivity contribution in [3.63, 3.8) is 0 Å². The summed E-state index contributed by atoms with van der Waals surface area (Å²) in [6.07, 6.45) is 0.968. The summed E-state index contributed by atoms with van der Waals surface area (Å²) in [5.41, 5.74) is 0.653. The van der Waals surface area contributed by atoms with E-state index >= 15 is 0 Å². The molecule has 0 radical (unpaired) electrons. The minimum Gasteiger partial charge on any atom is -0.322 e. The van der Waals surface area contributed by atoms with Crippen LogP contribution in [-0.4, -0.2) is 27.1 Å². The largest absolute Gasteiger partial charge is 0.322 e. The molecule has 0 heterocycles. The Bertz CT molecular complexity index is 869. The molecule has 0 saturated heterocycles. The molecule has 0 unspecified atom stereocenters. The lowest BCUT2D eigenvalue weighted by atomic mass is 10.2. The Morgan fingerprint density at radius 1 is 1.17 bits per heavy atom. The number of para-hydroxylation sites is 1. The molecular weight excluding hydrogens is 338 g/mol. The molecule has 0 spiro atoms. The van der Waals surface area contributed by atoms with Gasteiger partial charge in [-0.25, -0.2) is 17.2 Å². The van der Waals surface area contributed by atoms with Crippen LogP contribution in [0.5, 0.6) is 0 Å². The number of halogens is 2. The number of rotatable bonds is 5. The number of aryl methyl sites for hydroxylation is 1. The van der Waals surface area contributed by atoms with Gasteiger partial charge in [-0.05, 0) is 30.7 Å². The summed E-state index contributed by atoms with van der Waals surface area (Å²) < 4.78 is 51.6. The predicted octanol–water partition coefficient (Wildman–Crippen LogP) is 2.68. The fourth-order valence-electron chi connectivity index (χ4n) is 2.14. The van der Waals surface area contributed by atoms with Crippen LogP contribution in [0.3, 0.4) is 0 Å². The molecule has 8 heteroatoms. The number of nitrogens with one attached hydrogen (secondary N) is 1. The van der Waals surface area contributed by atoms with Gasteiger partial charge in [0, 0.05) is 6.07 Å². The zero-order chi connectivity index (χ0) is 17.9. The first kappa shape index (κ1) is 17.9. The second-order valence-electron chi connectivity index (χ2n) is 5.23. The summed E-state index contributed by atoms with van der Waals surface area (Å²) in [4.78, 5) is 12.1. The molecule has 2 aromatic carbocycles. The SMILES string of the molecule is Cc1ccccc1N(CC(=O)Nc1cc(F)ccc1F)S(C)(=O)=O. The average molecular weight is 354 g/mol. The van der Waals surface area contributed by atoms with E-state index in [0.29, 0.717) is 11.3 Å². The molecule has 0 aliphatic carbocycles. The molecule has 2 aromatic rings. The van der Waals surface area contributed by atoms with Crippen molar-refractivity contribution in [2.75, 3.05) is 22.4 Å². The molecule has 0 atom stereocenters. The van der Waals surface area contributed by atoms with E-state index < -0.39 is 34.1 Å². The number of nitrogens with zero attached hydrogens (tertiary/aromatic N) is 1. The fraction of sp³-hybridized carbons (Fsp3) is 0.188. The molecule has 0 fully saturated rings. The highest BCUT2D eigenvalue weighted by Gasteiger charge is 2.22. The topological polar surface area (TPSA) is 66.5 Å². The summed E-state index contributed by atoms with van der Waals surface area (Å²) in [6.45, 7) is 1.15. The predicted molar refractivity (Wildman–Crippen MR) is 88.4 cm³/mol. The molecule has 0 bridgehead atoms. The third kappa shape index (κ3) is 4.29. The second-order valence-corrected chi connectivity index (χ2v) is 7.14. The van der Waals surface area contributed by atoms with Gasteiger partial charge in [0.05, 0.1) is 17.6 Å². The van der Waals surface area contributed by atoms with Crippen molar-refractivity contribution in [1.29, 1.82) is 0 Å². The van der Waals surface area contributed by atoms with Gasteiger partial charge in [0.25, 0.3) is 0 Å². The van der Waals surface area contributed by atoms with Crippen LogP contribution >= 0.6 is 0 Å². The van der Waals surface area contributed by atoms with Crippen molar-refractivity contribution < 1.29 is 22.0 Å². The van der Waals surface area contributed by atoms with Crippen molar-refractivity contribution in [2.45, 2.75) is 6.92 Å². The quantitative estimate of drug-likeness (QED) is 0.898. The van der Waals surface area contributed by atoms with Gasteiger partial charge in [0.15, 0.2) is 0 Å². The molecule has 1 N–H and O–H groups in total. The Morgan fingerprint density at radius 3 is 2.46 bits per heavy atom. The van der Waals surface area contributed by atoms with Crippen LogP contribution in [0, 0.1) is 18.6 Å². The molecule has 128 valence electrons. The Balaban J connectivity index is 2.26. The smallest absolute Gasteiger partial charge is 0.245 e. The third-order valence-corrected chi connectivity index (χ3v) is 4.40. The lowest BCUT2D eigenvalue weighted by Crippen LogP contribution is -2.38. The van der Waals surface area contributed by atoms with Crippen LogP contribution in [0.4, 0.5) is 20.2 Å². The van der Waals surface area contributed by atoms with Gasteiger partial charge in [0.2, 0.25) is 15.9 Å². The first-order valence-corrected chi connectivity index (χ1v) is 8.81. The van der Waals surface area contributed by atoms with E-state index in [1.54, 1.807) is 31.2 Å².